The predicted octanol–water partition coefficient (Wildman–Crippen LogP) is 5.38. The van der Waals surface area contributed by atoms with Crippen molar-refractivity contribution in [1.29, 1.82) is 0 Å². The number of nitrogens with one attached hydrogen (secondary N) is 2. The Morgan fingerprint density at radius 2 is 1.73 bits per heavy atom. The number of likely N-dealkylation sites (N-methyl/N-ethyl adjacent to an activating group) is 1. The topological polar surface area (TPSA) is 48.1 Å². The second-order valence-corrected chi connectivity index (χ2v) is 7.83. The van der Waals surface area contributed by atoms with Gasteiger partial charge < -0.3 is 15.2 Å². The summed E-state index contributed by atoms with van der Waals surface area (Å²) >= 11 is 17.9. The van der Waals surface area contributed by atoms with E-state index in [9.17, 15) is 4.79 Å². The summed E-state index contributed by atoms with van der Waals surface area (Å²) in [5.41, 5.74) is 4.90. The van der Waals surface area contributed by atoms with Crippen molar-refractivity contribution < 1.29 is 4.79 Å². The summed E-state index contributed by atoms with van der Waals surface area (Å²) < 4.78 is 0. The minimum Gasteiger partial charge on any atom is -0.383 e. The Balaban J connectivity index is 2.03. The van der Waals surface area contributed by atoms with Crippen LogP contribution in [0.15, 0.2) is 12.1 Å². The normalized spacial score (nSPS) is 11.2. The van der Waals surface area contributed by atoms with Crippen LogP contribution >= 0.6 is 34.8 Å². The predicted molar refractivity (Wildman–Crippen MR) is 111 cm³/mol. The molecule has 2 N–H and O–H groups in total. The number of aromatic amines is 1. The fourth-order valence-corrected chi connectivity index (χ4v) is 3.51. The van der Waals surface area contributed by atoms with Crippen molar-refractivity contribution in [3.8, 4) is 0 Å². The molecule has 1 heterocycles. The maximum Gasteiger partial charge on any atom is 0.180 e. The molecule has 26 heavy (non-hydrogen) atoms. The number of carbonyl (C=O) groups excluding carboxylic acids is 1. The summed E-state index contributed by atoms with van der Waals surface area (Å²) in [6.07, 6.45) is 0.961. The second-order valence-electron chi connectivity index (χ2n) is 6.70. The van der Waals surface area contributed by atoms with Gasteiger partial charge in [-0.2, -0.15) is 0 Å². The Morgan fingerprint density at radius 1 is 1.12 bits per heavy atom. The maximum atomic E-state index is 12.4. The highest BCUT2D eigenvalue weighted by molar-refractivity contribution is 6.49. The molecule has 2 aromatic rings. The number of aryl methyl sites for hydroxylation is 3. The van der Waals surface area contributed by atoms with E-state index in [1.807, 2.05) is 0 Å². The number of carbonyl (C=O) groups is 1. The first-order valence-electron chi connectivity index (χ1n) is 8.45. The van der Waals surface area contributed by atoms with Crippen molar-refractivity contribution in [3.05, 3.63) is 49.7 Å². The molecule has 0 atom stereocenters. The van der Waals surface area contributed by atoms with Gasteiger partial charge in [0.05, 0.1) is 10.0 Å². The van der Waals surface area contributed by atoms with Gasteiger partial charge in [-0.15, -0.1) is 0 Å². The Kier molecular flexibility index (Phi) is 7.42. The number of rotatable bonds is 8. The number of hydrogen-bond donors (Lipinski definition) is 2. The first-order chi connectivity index (χ1) is 12.2. The van der Waals surface area contributed by atoms with Gasteiger partial charge in [0.15, 0.2) is 5.78 Å². The summed E-state index contributed by atoms with van der Waals surface area (Å²) in [5, 5.41) is 4.06. The standard InChI is InChI=1S/C19H24Cl3N3O/c1-11-9-13(10-12(2)17(11)23-7-8-25(3)4)5-6-14(26)18-15(20)16(21)19(22)24-18/h9-10,23-24H,5-8H2,1-4H3. The molecule has 0 saturated heterocycles. The quantitative estimate of drug-likeness (QED) is 0.568. The van der Waals surface area contributed by atoms with Crippen molar-refractivity contribution in [2.75, 3.05) is 32.5 Å². The number of nitrogens with zero attached hydrogens (tertiary/aromatic N) is 1. The Morgan fingerprint density at radius 3 is 2.23 bits per heavy atom. The van der Waals surface area contributed by atoms with Crippen molar-refractivity contribution >= 4 is 46.3 Å². The van der Waals surface area contributed by atoms with E-state index in [1.54, 1.807) is 0 Å². The lowest BCUT2D eigenvalue weighted by atomic mass is 9.99. The lowest BCUT2D eigenvalue weighted by Crippen LogP contribution is -2.21. The first kappa shape index (κ1) is 21.1. The summed E-state index contributed by atoms with van der Waals surface area (Å²) in [6.45, 7) is 6.02. The van der Waals surface area contributed by atoms with Crippen LogP contribution in [0, 0.1) is 13.8 Å². The van der Waals surface area contributed by atoms with Crippen LogP contribution in [0.1, 0.15) is 33.6 Å². The molecule has 2 rings (SSSR count). The van der Waals surface area contributed by atoms with Gasteiger partial charge in [0.25, 0.3) is 0 Å². The minimum absolute atomic E-state index is 0.104. The fraction of sp³-hybridized carbons (Fsp3) is 0.421. The van der Waals surface area contributed by atoms with Gasteiger partial charge in [0.1, 0.15) is 10.8 Å². The number of anilines is 1. The molecule has 0 unspecified atom stereocenters. The molecular formula is C19H24Cl3N3O. The largest absolute Gasteiger partial charge is 0.383 e. The van der Waals surface area contributed by atoms with E-state index in [0.29, 0.717) is 12.8 Å². The second kappa shape index (κ2) is 9.14. The van der Waals surface area contributed by atoms with Gasteiger partial charge in [-0.25, -0.2) is 0 Å². The molecule has 0 fully saturated rings. The third-order valence-corrected chi connectivity index (χ3v) is 5.45. The number of halogens is 3. The molecule has 0 radical (unpaired) electrons. The fourth-order valence-electron chi connectivity index (χ4n) is 2.88. The molecule has 0 aliphatic heterocycles. The monoisotopic (exact) mass is 415 g/mol. The number of aromatic nitrogens is 1. The zero-order chi connectivity index (χ0) is 19.4. The highest BCUT2D eigenvalue weighted by Gasteiger charge is 2.19. The summed E-state index contributed by atoms with van der Waals surface area (Å²) in [4.78, 5) is 17.3. The van der Waals surface area contributed by atoms with E-state index < -0.39 is 0 Å². The van der Waals surface area contributed by atoms with Gasteiger partial charge in [0, 0.05) is 25.2 Å². The smallest absolute Gasteiger partial charge is 0.180 e. The van der Waals surface area contributed by atoms with Crippen LogP contribution in [-0.2, 0) is 6.42 Å². The van der Waals surface area contributed by atoms with E-state index in [4.69, 9.17) is 34.8 Å². The molecule has 4 nitrogen and oxygen atoms in total. The van der Waals surface area contributed by atoms with Gasteiger partial charge in [-0.1, -0.05) is 46.9 Å². The molecule has 0 spiro atoms. The Hall–Kier alpha value is -1.20. The summed E-state index contributed by atoms with van der Waals surface area (Å²) in [5.74, 6) is -0.104. The average molecular weight is 417 g/mol. The Bertz CT molecular complexity index is 777. The van der Waals surface area contributed by atoms with Gasteiger partial charge in [-0.05, 0) is 51.1 Å². The van der Waals surface area contributed by atoms with Crippen LogP contribution in [0.5, 0.6) is 0 Å². The molecule has 0 saturated carbocycles. The summed E-state index contributed by atoms with van der Waals surface area (Å²) in [6, 6.07) is 4.24. The molecule has 1 aromatic carbocycles. The molecule has 1 aromatic heterocycles. The van der Waals surface area contributed by atoms with Crippen molar-refractivity contribution in [1.82, 2.24) is 9.88 Å². The van der Waals surface area contributed by atoms with Crippen LogP contribution in [0.2, 0.25) is 15.2 Å². The molecular weight excluding hydrogens is 393 g/mol. The van der Waals surface area contributed by atoms with Crippen LogP contribution in [-0.4, -0.2) is 42.9 Å². The van der Waals surface area contributed by atoms with E-state index >= 15 is 0 Å². The lowest BCUT2D eigenvalue weighted by Gasteiger charge is -2.16. The van der Waals surface area contributed by atoms with Crippen molar-refractivity contribution in [2.45, 2.75) is 26.7 Å². The Labute approximate surface area is 169 Å². The highest BCUT2D eigenvalue weighted by Crippen LogP contribution is 2.33. The van der Waals surface area contributed by atoms with Gasteiger partial charge in [-0.3, -0.25) is 4.79 Å². The van der Waals surface area contributed by atoms with Crippen LogP contribution in [0.4, 0.5) is 5.69 Å². The van der Waals surface area contributed by atoms with Crippen LogP contribution < -0.4 is 5.32 Å². The third kappa shape index (κ3) is 5.17. The van der Waals surface area contributed by atoms with E-state index in [-0.39, 0.29) is 26.7 Å². The van der Waals surface area contributed by atoms with Crippen LogP contribution in [0.3, 0.4) is 0 Å². The van der Waals surface area contributed by atoms with E-state index in [1.165, 1.54) is 11.1 Å². The van der Waals surface area contributed by atoms with Crippen LogP contribution in [0.25, 0.3) is 0 Å². The van der Waals surface area contributed by atoms with Crippen molar-refractivity contribution in [2.24, 2.45) is 0 Å². The maximum absolute atomic E-state index is 12.4. The first-order valence-corrected chi connectivity index (χ1v) is 9.58. The van der Waals surface area contributed by atoms with Gasteiger partial charge in [0.2, 0.25) is 0 Å². The molecule has 142 valence electrons. The SMILES string of the molecule is Cc1cc(CCC(=O)c2[nH]c(Cl)c(Cl)c2Cl)cc(C)c1NCCN(C)C. The van der Waals surface area contributed by atoms with Gasteiger partial charge >= 0.3 is 0 Å². The number of hydrogen-bond acceptors (Lipinski definition) is 3. The molecule has 0 aliphatic carbocycles. The average Bonchev–Trinajstić information content (AvgIpc) is 2.82. The minimum atomic E-state index is -0.104. The number of Topliss-reactive ketones (excluding diaryl/α,β-unsaturated/α-hetero) is 1. The lowest BCUT2D eigenvalue weighted by molar-refractivity contribution is 0.0979. The summed E-state index contributed by atoms with van der Waals surface area (Å²) in [7, 11) is 4.11. The molecule has 7 heteroatoms. The molecule has 0 aliphatic rings. The number of H-pyrrole nitrogens is 1. The highest BCUT2D eigenvalue weighted by atomic mass is 35.5. The molecule has 0 amide bonds. The zero-order valence-corrected chi connectivity index (χ0v) is 17.7. The van der Waals surface area contributed by atoms with Crippen molar-refractivity contribution in [3.63, 3.8) is 0 Å². The number of ketones is 1. The van der Waals surface area contributed by atoms with E-state index in [2.05, 4.69) is 55.3 Å². The third-order valence-electron chi connectivity index (χ3n) is 4.21. The van der Waals surface area contributed by atoms with E-state index in [0.717, 1.165) is 24.3 Å². The zero-order valence-electron chi connectivity index (χ0n) is 15.5. The molecule has 0 bridgehead atoms. The number of benzene rings is 1.